The minimum Gasteiger partial charge on any atom is -0.379 e. The summed E-state index contributed by atoms with van der Waals surface area (Å²) in [6, 6.07) is 0. The van der Waals surface area contributed by atoms with Crippen LogP contribution in [0.1, 0.15) is 233 Å². The zero-order chi connectivity index (χ0) is 34.1. The molecule has 0 aliphatic carbocycles. The normalized spacial score (nSPS) is 11.9. The van der Waals surface area contributed by atoms with Crippen LogP contribution in [0.25, 0.3) is 0 Å². The zero-order valence-electron chi connectivity index (χ0n) is 33.6. The maximum atomic E-state index is 6.34. The number of nitrogens with zero attached hydrogens (tertiary/aromatic N) is 2. The van der Waals surface area contributed by atoms with Crippen molar-refractivity contribution in [2.45, 2.75) is 233 Å². The summed E-state index contributed by atoms with van der Waals surface area (Å²) >= 11 is 0. The van der Waals surface area contributed by atoms with Crippen LogP contribution in [0, 0.1) is 0 Å². The Kier molecular flexibility index (Phi) is 41.9. The summed E-state index contributed by atoms with van der Waals surface area (Å²) in [7, 11) is 0. The lowest BCUT2D eigenvalue weighted by Crippen LogP contribution is -2.32. The third kappa shape index (κ3) is 38.5. The van der Waals surface area contributed by atoms with Crippen molar-refractivity contribution in [2.24, 2.45) is 0 Å². The van der Waals surface area contributed by atoms with Crippen molar-refractivity contribution >= 4 is 0 Å². The molecule has 0 aliphatic rings. The molecular formula is C44H92N2O. The lowest BCUT2D eigenvalue weighted by molar-refractivity contribution is 0.0808. The van der Waals surface area contributed by atoms with Gasteiger partial charge in [-0.2, -0.15) is 0 Å². The second-order valence-electron chi connectivity index (χ2n) is 15.2. The van der Waals surface area contributed by atoms with E-state index in [9.17, 15) is 0 Å². The largest absolute Gasteiger partial charge is 0.379 e. The Morgan fingerprint density at radius 3 is 0.638 bits per heavy atom. The summed E-state index contributed by atoms with van der Waals surface area (Å²) in [6.07, 6.45) is 45.2. The quantitative estimate of drug-likeness (QED) is 0.0604. The van der Waals surface area contributed by atoms with Crippen molar-refractivity contribution in [1.29, 1.82) is 0 Å². The Morgan fingerprint density at radius 2 is 0.426 bits per heavy atom. The van der Waals surface area contributed by atoms with Crippen LogP contribution in [-0.4, -0.2) is 62.3 Å². The predicted octanol–water partition coefficient (Wildman–Crippen LogP) is 14.2. The highest BCUT2D eigenvalue weighted by atomic mass is 16.5. The van der Waals surface area contributed by atoms with Crippen molar-refractivity contribution in [3.8, 4) is 0 Å². The SMILES string of the molecule is CCCCCCCCCCN(CCCCCCCCCC)CCOCCN(CCCCCCCCCC)CCCCCCCCCC. The van der Waals surface area contributed by atoms with E-state index < -0.39 is 0 Å². The molecular weight excluding hydrogens is 572 g/mol. The molecule has 0 spiro atoms. The molecule has 0 N–H and O–H groups in total. The number of rotatable bonds is 42. The number of hydrogen-bond acceptors (Lipinski definition) is 3. The Labute approximate surface area is 299 Å². The van der Waals surface area contributed by atoms with Gasteiger partial charge in [-0.15, -0.1) is 0 Å². The second-order valence-corrected chi connectivity index (χ2v) is 15.2. The third-order valence-corrected chi connectivity index (χ3v) is 10.4. The standard InChI is InChI=1S/C44H92N2O/c1-5-9-13-17-21-25-29-33-37-45(38-34-30-26-22-18-14-10-6-2)41-43-47-44-42-46(39-35-31-27-23-19-15-11-7-3)40-36-32-28-24-20-16-12-8-4/h5-44H2,1-4H3. The Morgan fingerprint density at radius 1 is 0.234 bits per heavy atom. The van der Waals surface area contributed by atoms with Crippen LogP contribution in [0.2, 0.25) is 0 Å². The maximum Gasteiger partial charge on any atom is 0.0594 e. The Hall–Kier alpha value is -0.120. The topological polar surface area (TPSA) is 15.7 Å². The van der Waals surface area contributed by atoms with Gasteiger partial charge in [-0.1, -0.05) is 207 Å². The average Bonchev–Trinajstić information content (AvgIpc) is 3.08. The van der Waals surface area contributed by atoms with Crippen molar-refractivity contribution in [3.63, 3.8) is 0 Å². The number of unbranched alkanes of at least 4 members (excludes halogenated alkanes) is 28. The van der Waals surface area contributed by atoms with Crippen LogP contribution in [-0.2, 0) is 4.74 Å². The zero-order valence-corrected chi connectivity index (χ0v) is 33.6. The fourth-order valence-electron chi connectivity index (χ4n) is 7.04. The summed E-state index contributed by atoms with van der Waals surface area (Å²) in [4.78, 5) is 5.49. The fourth-order valence-corrected chi connectivity index (χ4v) is 7.04. The van der Waals surface area contributed by atoms with E-state index in [4.69, 9.17) is 4.74 Å². The first-order valence-corrected chi connectivity index (χ1v) is 22.3. The van der Waals surface area contributed by atoms with Crippen LogP contribution in [0.3, 0.4) is 0 Å². The molecule has 3 nitrogen and oxygen atoms in total. The van der Waals surface area contributed by atoms with Crippen molar-refractivity contribution in [3.05, 3.63) is 0 Å². The highest BCUT2D eigenvalue weighted by molar-refractivity contribution is 4.62. The molecule has 0 bridgehead atoms. The second kappa shape index (κ2) is 42.0. The number of hydrogen-bond donors (Lipinski definition) is 0. The van der Waals surface area contributed by atoms with Crippen LogP contribution in [0.15, 0.2) is 0 Å². The van der Waals surface area contributed by atoms with Gasteiger partial charge < -0.3 is 14.5 Å². The minimum atomic E-state index is 0.914. The van der Waals surface area contributed by atoms with Crippen molar-refractivity contribution in [1.82, 2.24) is 9.80 Å². The molecule has 284 valence electrons. The first-order valence-electron chi connectivity index (χ1n) is 22.3. The van der Waals surface area contributed by atoms with E-state index in [2.05, 4.69) is 37.5 Å². The lowest BCUT2D eigenvalue weighted by Gasteiger charge is -2.24. The highest BCUT2D eigenvalue weighted by Gasteiger charge is 2.08. The molecule has 0 heterocycles. The maximum absolute atomic E-state index is 6.34. The van der Waals surface area contributed by atoms with Gasteiger partial charge >= 0.3 is 0 Å². The summed E-state index contributed by atoms with van der Waals surface area (Å²) in [5.41, 5.74) is 0. The van der Waals surface area contributed by atoms with Gasteiger partial charge in [-0.25, -0.2) is 0 Å². The Balaban J connectivity index is 4.43. The first kappa shape index (κ1) is 46.9. The van der Waals surface area contributed by atoms with E-state index in [0.29, 0.717) is 0 Å². The van der Waals surface area contributed by atoms with Crippen LogP contribution in [0.4, 0.5) is 0 Å². The molecule has 0 fully saturated rings. The molecule has 0 aromatic rings. The van der Waals surface area contributed by atoms with Gasteiger partial charge in [-0.3, -0.25) is 0 Å². The monoisotopic (exact) mass is 665 g/mol. The van der Waals surface area contributed by atoms with Gasteiger partial charge in [0, 0.05) is 13.1 Å². The van der Waals surface area contributed by atoms with E-state index in [1.54, 1.807) is 0 Å². The minimum absolute atomic E-state index is 0.914. The van der Waals surface area contributed by atoms with Crippen LogP contribution in [0.5, 0.6) is 0 Å². The molecule has 0 aromatic carbocycles. The fraction of sp³-hybridized carbons (Fsp3) is 1.00. The van der Waals surface area contributed by atoms with Crippen LogP contribution < -0.4 is 0 Å². The molecule has 0 atom stereocenters. The van der Waals surface area contributed by atoms with Gasteiger partial charge in [0.05, 0.1) is 13.2 Å². The Bertz CT molecular complexity index is 455. The summed E-state index contributed by atoms with van der Waals surface area (Å²) in [5.74, 6) is 0. The molecule has 0 saturated heterocycles. The van der Waals surface area contributed by atoms with Gasteiger partial charge in [-0.05, 0) is 51.9 Å². The van der Waals surface area contributed by atoms with E-state index in [-0.39, 0.29) is 0 Å². The molecule has 47 heavy (non-hydrogen) atoms. The van der Waals surface area contributed by atoms with Gasteiger partial charge in [0.1, 0.15) is 0 Å². The van der Waals surface area contributed by atoms with Gasteiger partial charge in [0.25, 0.3) is 0 Å². The highest BCUT2D eigenvalue weighted by Crippen LogP contribution is 2.13. The van der Waals surface area contributed by atoms with Gasteiger partial charge in [0.2, 0.25) is 0 Å². The van der Waals surface area contributed by atoms with E-state index in [1.165, 1.54) is 232 Å². The summed E-state index contributed by atoms with van der Waals surface area (Å²) in [6.45, 7) is 18.5. The summed E-state index contributed by atoms with van der Waals surface area (Å²) < 4.78 is 6.34. The van der Waals surface area contributed by atoms with Gasteiger partial charge in [0.15, 0.2) is 0 Å². The van der Waals surface area contributed by atoms with E-state index in [1.807, 2.05) is 0 Å². The molecule has 0 unspecified atom stereocenters. The average molecular weight is 665 g/mol. The smallest absolute Gasteiger partial charge is 0.0594 e. The van der Waals surface area contributed by atoms with E-state index in [0.717, 1.165) is 26.3 Å². The van der Waals surface area contributed by atoms with Crippen molar-refractivity contribution < 1.29 is 4.74 Å². The van der Waals surface area contributed by atoms with E-state index >= 15 is 0 Å². The predicted molar refractivity (Wildman–Crippen MR) is 214 cm³/mol. The molecule has 0 saturated carbocycles. The van der Waals surface area contributed by atoms with Crippen molar-refractivity contribution in [2.75, 3.05) is 52.5 Å². The molecule has 0 radical (unpaired) electrons. The molecule has 0 aromatic heterocycles. The molecule has 0 rings (SSSR count). The summed E-state index contributed by atoms with van der Waals surface area (Å²) in [5, 5.41) is 0. The first-order chi connectivity index (χ1) is 23.3. The molecule has 0 amide bonds. The lowest BCUT2D eigenvalue weighted by atomic mass is 10.1. The number of ether oxygens (including phenoxy) is 1. The molecule has 0 aliphatic heterocycles. The van der Waals surface area contributed by atoms with Crippen LogP contribution >= 0.6 is 0 Å². The molecule has 3 heteroatoms. The third-order valence-electron chi connectivity index (χ3n) is 10.4.